The van der Waals surface area contributed by atoms with Crippen LogP contribution in [0.2, 0.25) is 0 Å². The Kier molecular flexibility index (Phi) is 5.03. The molecule has 1 amide bonds. The first-order valence-electron chi connectivity index (χ1n) is 6.40. The molecule has 0 radical (unpaired) electrons. The second kappa shape index (κ2) is 6.76. The molecule has 0 spiro atoms. The SMILES string of the molecule is O=C(O)[C@@H]1C[C@@H](O)CN1C(=O)CSCc1ccccc1. The van der Waals surface area contributed by atoms with Gasteiger partial charge in [0.1, 0.15) is 6.04 Å². The van der Waals surface area contributed by atoms with E-state index in [4.69, 9.17) is 5.11 Å². The van der Waals surface area contributed by atoms with Gasteiger partial charge in [0.2, 0.25) is 5.91 Å². The average molecular weight is 295 g/mol. The van der Waals surface area contributed by atoms with E-state index in [2.05, 4.69) is 0 Å². The topological polar surface area (TPSA) is 77.8 Å². The third-order valence-electron chi connectivity index (χ3n) is 3.22. The normalized spacial score (nSPS) is 21.9. The van der Waals surface area contributed by atoms with Crippen LogP contribution in [0.4, 0.5) is 0 Å². The number of carboxylic acid groups (broad SMARTS) is 1. The number of aliphatic hydroxyl groups is 1. The van der Waals surface area contributed by atoms with Crippen molar-refractivity contribution in [3.63, 3.8) is 0 Å². The van der Waals surface area contributed by atoms with E-state index in [1.54, 1.807) is 0 Å². The minimum Gasteiger partial charge on any atom is -0.480 e. The first kappa shape index (κ1) is 14.9. The van der Waals surface area contributed by atoms with Gasteiger partial charge in [0.05, 0.1) is 11.9 Å². The van der Waals surface area contributed by atoms with E-state index in [-0.39, 0.29) is 24.6 Å². The molecule has 0 aromatic heterocycles. The number of thioether (sulfide) groups is 1. The Morgan fingerprint density at radius 3 is 2.65 bits per heavy atom. The molecule has 1 aliphatic rings. The molecular formula is C14H17NO4S. The minimum atomic E-state index is -1.05. The zero-order valence-corrected chi connectivity index (χ0v) is 11.8. The van der Waals surface area contributed by atoms with Crippen LogP contribution in [0.1, 0.15) is 12.0 Å². The summed E-state index contributed by atoms with van der Waals surface area (Å²) in [7, 11) is 0. The van der Waals surface area contributed by atoms with Crippen LogP contribution in [0.25, 0.3) is 0 Å². The molecule has 2 rings (SSSR count). The smallest absolute Gasteiger partial charge is 0.326 e. The number of carboxylic acids is 1. The molecule has 5 nitrogen and oxygen atoms in total. The number of carbonyl (C=O) groups excluding carboxylic acids is 1. The quantitative estimate of drug-likeness (QED) is 0.846. The Bertz CT molecular complexity index is 479. The first-order chi connectivity index (χ1) is 9.58. The lowest BCUT2D eigenvalue weighted by Crippen LogP contribution is -2.41. The maximum Gasteiger partial charge on any atom is 0.326 e. The monoisotopic (exact) mass is 295 g/mol. The van der Waals surface area contributed by atoms with Gasteiger partial charge in [-0.05, 0) is 5.56 Å². The highest BCUT2D eigenvalue weighted by Gasteiger charge is 2.38. The van der Waals surface area contributed by atoms with Gasteiger partial charge in [-0.25, -0.2) is 4.79 Å². The molecule has 1 heterocycles. The number of nitrogens with zero attached hydrogens (tertiary/aromatic N) is 1. The third kappa shape index (κ3) is 3.74. The Labute approximate surface area is 121 Å². The predicted molar refractivity (Wildman–Crippen MR) is 76.4 cm³/mol. The van der Waals surface area contributed by atoms with E-state index < -0.39 is 18.1 Å². The van der Waals surface area contributed by atoms with Gasteiger partial charge in [-0.1, -0.05) is 30.3 Å². The molecule has 108 valence electrons. The summed E-state index contributed by atoms with van der Waals surface area (Å²) >= 11 is 1.45. The van der Waals surface area contributed by atoms with Crippen molar-refractivity contribution in [1.82, 2.24) is 4.90 Å². The molecule has 0 unspecified atom stereocenters. The number of hydrogen-bond acceptors (Lipinski definition) is 4. The summed E-state index contributed by atoms with van der Waals surface area (Å²) in [5, 5.41) is 18.5. The largest absolute Gasteiger partial charge is 0.480 e. The predicted octanol–water partition coefficient (Wildman–Crippen LogP) is 0.966. The molecule has 0 saturated carbocycles. The van der Waals surface area contributed by atoms with Crippen molar-refractivity contribution in [2.75, 3.05) is 12.3 Å². The Hall–Kier alpha value is -1.53. The van der Waals surface area contributed by atoms with Crippen molar-refractivity contribution >= 4 is 23.6 Å². The summed E-state index contributed by atoms with van der Waals surface area (Å²) < 4.78 is 0. The molecule has 1 fully saturated rings. The molecule has 2 N–H and O–H groups in total. The number of carbonyl (C=O) groups is 2. The van der Waals surface area contributed by atoms with E-state index >= 15 is 0 Å². The molecule has 0 aliphatic carbocycles. The van der Waals surface area contributed by atoms with E-state index in [0.717, 1.165) is 5.56 Å². The van der Waals surface area contributed by atoms with Gasteiger partial charge in [0.15, 0.2) is 0 Å². The van der Waals surface area contributed by atoms with Crippen LogP contribution >= 0.6 is 11.8 Å². The summed E-state index contributed by atoms with van der Waals surface area (Å²) in [6.45, 7) is 0.113. The minimum absolute atomic E-state index is 0.113. The van der Waals surface area contributed by atoms with Crippen LogP contribution in [0.15, 0.2) is 30.3 Å². The van der Waals surface area contributed by atoms with E-state index in [1.165, 1.54) is 16.7 Å². The maximum atomic E-state index is 12.0. The van der Waals surface area contributed by atoms with Crippen molar-refractivity contribution < 1.29 is 19.8 Å². The number of benzene rings is 1. The third-order valence-corrected chi connectivity index (χ3v) is 4.21. The lowest BCUT2D eigenvalue weighted by molar-refractivity contribution is -0.147. The van der Waals surface area contributed by atoms with Gasteiger partial charge in [-0.2, -0.15) is 0 Å². The number of amides is 1. The zero-order chi connectivity index (χ0) is 14.5. The van der Waals surface area contributed by atoms with Gasteiger partial charge in [-0.3, -0.25) is 4.79 Å². The number of hydrogen-bond donors (Lipinski definition) is 2. The van der Waals surface area contributed by atoms with Crippen molar-refractivity contribution in [1.29, 1.82) is 0 Å². The van der Waals surface area contributed by atoms with E-state index in [0.29, 0.717) is 5.75 Å². The number of likely N-dealkylation sites (tertiary alicyclic amines) is 1. The Morgan fingerprint density at radius 2 is 2.00 bits per heavy atom. The number of aliphatic hydroxyl groups excluding tert-OH is 1. The van der Waals surface area contributed by atoms with Gasteiger partial charge in [0.25, 0.3) is 0 Å². The number of β-amino-alcohol motifs (C(OH)–C–C–N with tert-alkyl or cyclic N) is 1. The second-order valence-corrected chi connectivity index (χ2v) is 5.75. The molecule has 1 aliphatic heterocycles. The average Bonchev–Trinajstić information content (AvgIpc) is 2.82. The fourth-order valence-electron chi connectivity index (χ4n) is 2.24. The molecular weight excluding hydrogens is 278 g/mol. The number of aliphatic carboxylic acids is 1. The highest BCUT2D eigenvalue weighted by atomic mass is 32.2. The van der Waals surface area contributed by atoms with Crippen LogP contribution in [-0.4, -0.2) is 51.4 Å². The molecule has 6 heteroatoms. The standard InChI is InChI=1S/C14H17NO4S/c16-11-6-12(14(18)19)15(7-11)13(17)9-20-8-10-4-2-1-3-5-10/h1-5,11-12,16H,6-9H2,(H,18,19)/t11-,12+/m1/s1. The number of rotatable bonds is 5. The van der Waals surface area contributed by atoms with Crippen LogP contribution in [-0.2, 0) is 15.3 Å². The Balaban J connectivity index is 1.84. The van der Waals surface area contributed by atoms with E-state index in [9.17, 15) is 14.7 Å². The lowest BCUT2D eigenvalue weighted by atomic mass is 10.2. The highest BCUT2D eigenvalue weighted by Crippen LogP contribution is 2.20. The summed E-state index contributed by atoms with van der Waals surface area (Å²) in [6.07, 6.45) is -0.621. The summed E-state index contributed by atoms with van der Waals surface area (Å²) in [5.74, 6) is -0.343. The fourth-order valence-corrected chi connectivity index (χ4v) is 3.11. The molecule has 1 aromatic rings. The van der Waals surface area contributed by atoms with Crippen molar-refractivity contribution in [3.05, 3.63) is 35.9 Å². The molecule has 20 heavy (non-hydrogen) atoms. The molecule has 1 aromatic carbocycles. The Morgan fingerprint density at radius 1 is 1.30 bits per heavy atom. The van der Waals surface area contributed by atoms with Crippen LogP contribution in [0.5, 0.6) is 0 Å². The first-order valence-corrected chi connectivity index (χ1v) is 7.55. The molecule has 1 saturated heterocycles. The zero-order valence-electron chi connectivity index (χ0n) is 10.9. The van der Waals surface area contributed by atoms with Crippen molar-refractivity contribution in [2.24, 2.45) is 0 Å². The van der Waals surface area contributed by atoms with Gasteiger partial charge in [-0.15, -0.1) is 11.8 Å². The second-order valence-electron chi connectivity index (χ2n) is 4.77. The van der Waals surface area contributed by atoms with E-state index in [1.807, 2.05) is 30.3 Å². The van der Waals surface area contributed by atoms with Crippen molar-refractivity contribution in [3.8, 4) is 0 Å². The fraction of sp³-hybridized carbons (Fsp3) is 0.429. The van der Waals surface area contributed by atoms with Crippen LogP contribution in [0.3, 0.4) is 0 Å². The maximum absolute atomic E-state index is 12.0. The lowest BCUT2D eigenvalue weighted by Gasteiger charge is -2.20. The van der Waals surface area contributed by atoms with Gasteiger partial charge >= 0.3 is 5.97 Å². The van der Waals surface area contributed by atoms with Crippen molar-refractivity contribution in [2.45, 2.75) is 24.3 Å². The van der Waals surface area contributed by atoms with Gasteiger partial charge < -0.3 is 15.1 Å². The van der Waals surface area contributed by atoms with Crippen LogP contribution < -0.4 is 0 Å². The summed E-state index contributed by atoms with van der Waals surface area (Å²) in [6, 6.07) is 8.88. The molecule has 0 bridgehead atoms. The van der Waals surface area contributed by atoms with Gasteiger partial charge in [0, 0.05) is 18.7 Å². The highest BCUT2D eigenvalue weighted by molar-refractivity contribution is 7.99. The molecule has 2 atom stereocenters. The van der Waals surface area contributed by atoms with Crippen LogP contribution in [0, 0.1) is 0 Å². The summed E-state index contributed by atoms with van der Waals surface area (Å²) in [4.78, 5) is 24.3. The summed E-state index contributed by atoms with van der Waals surface area (Å²) in [5.41, 5.74) is 1.13.